The average Bonchev–Trinajstić information content (AvgIpc) is 2.72. The van der Waals surface area contributed by atoms with Crippen LogP contribution in [0.3, 0.4) is 0 Å². The van der Waals surface area contributed by atoms with Crippen molar-refractivity contribution in [1.82, 2.24) is 4.90 Å². The molecule has 0 saturated carbocycles. The molecule has 4 heteroatoms. The van der Waals surface area contributed by atoms with Crippen molar-refractivity contribution in [2.24, 2.45) is 0 Å². The predicted molar refractivity (Wildman–Crippen MR) is 110 cm³/mol. The van der Waals surface area contributed by atoms with E-state index in [1.54, 1.807) is 7.11 Å². The Hall–Kier alpha value is -2.17. The highest BCUT2D eigenvalue weighted by Gasteiger charge is 2.24. The van der Waals surface area contributed by atoms with Gasteiger partial charge in [0.25, 0.3) is 0 Å². The standard InChI is InChI=1S/C24H29NO3/c1-25(12-11-17-9-10-19-15-28-16-23(26)22(19)13-17)14-18-5-3-7-21-20(18)6-4-8-24(21)27-2/h4,6,8-10,13,18H,3,5,7,11-12,14-16H2,1-2H3. The second-order valence-corrected chi connectivity index (χ2v) is 8.04. The molecule has 4 rings (SSSR count). The van der Waals surface area contributed by atoms with Crippen molar-refractivity contribution in [1.29, 1.82) is 0 Å². The number of hydrogen-bond donors (Lipinski definition) is 0. The Morgan fingerprint density at radius 2 is 2.11 bits per heavy atom. The number of rotatable bonds is 6. The number of benzene rings is 2. The van der Waals surface area contributed by atoms with Gasteiger partial charge < -0.3 is 14.4 Å². The monoisotopic (exact) mass is 379 g/mol. The Bertz CT molecular complexity index is 861. The van der Waals surface area contributed by atoms with Crippen molar-refractivity contribution in [2.45, 2.75) is 38.2 Å². The first-order valence-electron chi connectivity index (χ1n) is 10.2. The fraction of sp³-hybridized carbons (Fsp3) is 0.458. The molecule has 1 aliphatic carbocycles. The molecule has 2 aromatic rings. The van der Waals surface area contributed by atoms with E-state index in [1.165, 1.54) is 29.5 Å². The molecular weight excluding hydrogens is 350 g/mol. The minimum atomic E-state index is 0.101. The molecule has 0 fully saturated rings. The number of Topliss-reactive ketones (excluding diaryl/α,β-unsaturated/α-hetero) is 1. The molecule has 1 aliphatic heterocycles. The molecule has 148 valence electrons. The molecule has 2 aromatic carbocycles. The van der Waals surface area contributed by atoms with E-state index in [1.807, 2.05) is 6.07 Å². The number of hydrogen-bond acceptors (Lipinski definition) is 4. The highest BCUT2D eigenvalue weighted by Crippen LogP contribution is 2.36. The second-order valence-electron chi connectivity index (χ2n) is 8.04. The zero-order chi connectivity index (χ0) is 19.5. The second kappa shape index (κ2) is 8.46. The third-order valence-corrected chi connectivity index (χ3v) is 6.09. The van der Waals surface area contributed by atoms with E-state index in [-0.39, 0.29) is 12.4 Å². The molecule has 0 aromatic heterocycles. The number of fused-ring (bicyclic) bond motifs is 2. The Labute approximate surface area is 167 Å². The smallest absolute Gasteiger partial charge is 0.188 e. The van der Waals surface area contributed by atoms with E-state index in [0.29, 0.717) is 12.5 Å². The Kier molecular flexibility index (Phi) is 5.79. The van der Waals surface area contributed by atoms with Crippen molar-refractivity contribution in [2.75, 3.05) is 33.9 Å². The molecule has 4 nitrogen and oxygen atoms in total. The van der Waals surface area contributed by atoms with Crippen molar-refractivity contribution in [3.05, 3.63) is 64.2 Å². The molecule has 0 bridgehead atoms. The largest absolute Gasteiger partial charge is 0.496 e. The predicted octanol–water partition coefficient (Wildman–Crippen LogP) is 4.00. The summed E-state index contributed by atoms with van der Waals surface area (Å²) in [6.45, 7) is 2.80. The van der Waals surface area contributed by atoms with E-state index < -0.39 is 0 Å². The lowest BCUT2D eigenvalue weighted by molar-refractivity contribution is 0.0665. The van der Waals surface area contributed by atoms with Crippen LogP contribution in [0.4, 0.5) is 0 Å². The Morgan fingerprint density at radius 3 is 2.96 bits per heavy atom. The van der Waals surface area contributed by atoms with E-state index in [4.69, 9.17) is 9.47 Å². The van der Waals surface area contributed by atoms with Crippen LogP contribution in [-0.4, -0.2) is 44.5 Å². The molecule has 1 heterocycles. The number of methoxy groups -OCH3 is 1. The van der Waals surface area contributed by atoms with Crippen LogP contribution in [0, 0.1) is 0 Å². The molecular formula is C24H29NO3. The molecule has 0 amide bonds. The highest BCUT2D eigenvalue weighted by molar-refractivity contribution is 5.99. The highest BCUT2D eigenvalue weighted by atomic mass is 16.5. The van der Waals surface area contributed by atoms with Crippen LogP contribution >= 0.6 is 0 Å². The topological polar surface area (TPSA) is 38.8 Å². The molecule has 0 N–H and O–H groups in total. The summed E-state index contributed by atoms with van der Waals surface area (Å²) in [5.41, 5.74) is 5.94. The third kappa shape index (κ3) is 3.98. The summed E-state index contributed by atoms with van der Waals surface area (Å²) >= 11 is 0. The van der Waals surface area contributed by atoms with E-state index in [0.717, 1.165) is 42.8 Å². The van der Waals surface area contributed by atoms with Crippen LogP contribution in [0.25, 0.3) is 0 Å². The molecule has 1 unspecified atom stereocenters. The molecule has 28 heavy (non-hydrogen) atoms. The zero-order valence-corrected chi connectivity index (χ0v) is 16.9. The summed E-state index contributed by atoms with van der Waals surface area (Å²) in [5.74, 6) is 1.70. The fourth-order valence-electron chi connectivity index (χ4n) is 4.58. The minimum Gasteiger partial charge on any atom is -0.496 e. The molecule has 2 aliphatic rings. The average molecular weight is 380 g/mol. The van der Waals surface area contributed by atoms with Gasteiger partial charge in [-0.1, -0.05) is 24.3 Å². The molecule has 0 spiro atoms. The lowest BCUT2D eigenvalue weighted by atomic mass is 9.82. The Balaban J connectivity index is 1.39. The van der Waals surface area contributed by atoms with Crippen LogP contribution in [0.5, 0.6) is 5.75 Å². The summed E-state index contributed by atoms with van der Waals surface area (Å²) in [6, 6.07) is 12.7. The van der Waals surface area contributed by atoms with E-state index in [2.05, 4.69) is 42.3 Å². The van der Waals surface area contributed by atoms with Crippen LogP contribution < -0.4 is 4.74 Å². The van der Waals surface area contributed by atoms with Crippen LogP contribution in [0.15, 0.2) is 36.4 Å². The molecule has 0 saturated heterocycles. The van der Waals surface area contributed by atoms with Gasteiger partial charge in [-0.15, -0.1) is 0 Å². The minimum absolute atomic E-state index is 0.101. The van der Waals surface area contributed by atoms with Gasteiger partial charge in [0.15, 0.2) is 5.78 Å². The van der Waals surface area contributed by atoms with Gasteiger partial charge in [0.2, 0.25) is 0 Å². The lowest BCUT2D eigenvalue weighted by Crippen LogP contribution is -2.29. The number of likely N-dealkylation sites (N-methyl/N-ethyl adjacent to an activating group) is 1. The summed E-state index contributed by atoms with van der Waals surface area (Å²) < 4.78 is 10.9. The van der Waals surface area contributed by atoms with Gasteiger partial charge in [-0.25, -0.2) is 0 Å². The van der Waals surface area contributed by atoms with Gasteiger partial charge in [0.1, 0.15) is 12.4 Å². The number of ketones is 1. The summed E-state index contributed by atoms with van der Waals surface area (Å²) in [6.07, 6.45) is 4.53. The van der Waals surface area contributed by atoms with Crippen LogP contribution in [0.1, 0.15) is 51.4 Å². The van der Waals surface area contributed by atoms with Gasteiger partial charge >= 0.3 is 0 Å². The van der Waals surface area contributed by atoms with Crippen molar-refractivity contribution >= 4 is 5.78 Å². The molecule has 0 radical (unpaired) electrons. The van der Waals surface area contributed by atoms with Crippen LogP contribution in [0.2, 0.25) is 0 Å². The zero-order valence-electron chi connectivity index (χ0n) is 16.9. The first-order chi connectivity index (χ1) is 13.7. The lowest BCUT2D eigenvalue weighted by Gasteiger charge is -2.30. The van der Waals surface area contributed by atoms with E-state index >= 15 is 0 Å². The van der Waals surface area contributed by atoms with Gasteiger partial charge in [0, 0.05) is 18.7 Å². The number of carbonyl (C=O) groups is 1. The van der Waals surface area contributed by atoms with Gasteiger partial charge in [-0.3, -0.25) is 4.79 Å². The van der Waals surface area contributed by atoms with Gasteiger partial charge in [-0.2, -0.15) is 0 Å². The Morgan fingerprint density at radius 1 is 1.21 bits per heavy atom. The normalized spacial score (nSPS) is 18.7. The summed E-state index contributed by atoms with van der Waals surface area (Å²) in [7, 11) is 3.96. The maximum Gasteiger partial charge on any atom is 0.188 e. The third-order valence-electron chi connectivity index (χ3n) is 6.09. The number of nitrogens with zero attached hydrogens (tertiary/aromatic N) is 1. The van der Waals surface area contributed by atoms with Crippen molar-refractivity contribution in [3.63, 3.8) is 0 Å². The quantitative estimate of drug-likeness (QED) is 0.760. The molecule has 1 atom stereocenters. The van der Waals surface area contributed by atoms with Crippen LogP contribution in [-0.2, 0) is 24.2 Å². The first-order valence-corrected chi connectivity index (χ1v) is 10.2. The van der Waals surface area contributed by atoms with E-state index in [9.17, 15) is 4.79 Å². The van der Waals surface area contributed by atoms with Gasteiger partial charge in [-0.05, 0) is 73.0 Å². The number of carbonyl (C=O) groups excluding carboxylic acids is 1. The SMILES string of the molecule is COc1cccc2c1CCCC2CN(C)CCc1ccc2c(c1)C(=O)COC2. The maximum atomic E-state index is 12.1. The number of ether oxygens (including phenoxy) is 2. The fourth-order valence-corrected chi connectivity index (χ4v) is 4.58. The first kappa shape index (κ1) is 19.2. The van der Waals surface area contributed by atoms with Crippen molar-refractivity contribution in [3.8, 4) is 5.75 Å². The summed E-state index contributed by atoms with van der Waals surface area (Å²) in [5, 5.41) is 0. The summed E-state index contributed by atoms with van der Waals surface area (Å²) in [4.78, 5) is 14.5. The van der Waals surface area contributed by atoms with Gasteiger partial charge in [0.05, 0.1) is 13.7 Å². The maximum absolute atomic E-state index is 12.1. The van der Waals surface area contributed by atoms with Crippen molar-refractivity contribution < 1.29 is 14.3 Å².